The first kappa shape index (κ1) is 22.2. The third kappa shape index (κ3) is 5.99. The van der Waals surface area contributed by atoms with E-state index < -0.39 is 10.0 Å². The zero-order chi connectivity index (χ0) is 22.3. The number of amides is 1. The molecule has 0 bridgehead atoms. The topological polar surface area (TPSA) is 93.7 Å². The highest BCUT2D eigenvalue weighted by Crippen LogP contribution is 2.20. The van der Waals surface area contributed by atoms with E-state index >= 15 is 0 Å². The van der Waals surface area contributed by atoms with Gasteiger partial charge in [0, 0.05) is 17.8 Å². The van der Waals surface area contributed by atoms with Crippen molar-refractivity contribution in [2.45, 2.75) is 18.4 Å². The molecule has 0 heterocycles. The molecule has 31 heavy (non-hydrogen) atoms. The number of hydrogen-bond acceptors (Lipinski definition) is 5. The fraction of sp³-hybridized carbons (Fsp3) is 0.174. The fourth-order valence-corrected chi connectivity index (χ4v) is 3.94. The highest BCUT2D eigenvalue weighted by atomic mass is 32.2. The van der Waals surface area contributed by atoms with Crippen molar-refractivity contribution in [1.29, 1.82) is 0 Å². The number of carbonyl (C=O) groups is 1. The van der Waals surface area contributed by atoms with E-state index in [0.29, 0.717) is 24.6 Å². The number of ether oxygens (including phenoxy) is 2. The van der Waals surface area contributed by atoms with Gasteiger partial charge >= 0.3 is 0 Å². The molecule has 0 saturated heterocycles. The second-order valence-corrected chi connectivity index (χ2v) is 8.30. The van der Waals surface area contributed by atoms with E-state index in [0.717, 1.165) is 11.3 Å². The van der Waals surface area contributed by atoms with Gasteiger partial charge in [0.05, 0.1) is 18.6 Å². The highest BCUT2D eigenvalue weighted by molar-refractivity contribution is 7.92. The Kier molecular flexibility index (Phi) is 7.15. The van der Waals surface area contributed by atoms with Crippen molar-refractivity contribution in [1.82, 2.24) is 5.32 Å². The third-order valence-electron chi connectivity index (χ3n) is 4.44. The summed E-state index contributed by atoms with van der Waals surface area (Å²) >= 11 is 0. The van der Waals surface area contributed by atoms with E-state index in [2.05, 4.69) is 10.0 Å². The Hall–Kier alpha value is -3.52. The van der Waals surface area contributed by atoms with Crippen LogP contribution in [0.15, 0.2) is 77.7 Å². The molecule has 0 aliphatic rings. The molecule has 3 rings (SSSR count). The van der Waals surface area contributed by atoms with Crippen molar-refractivity contribution in [3.63, 3.8) is 0 Å². The molecular weight excluding hydrogens is 416 g/mol. The number of anilines is 1. The minimum atomic E-state index is -3.85. The van der Waals surface area contributed by atoms with E-state index in [1.807, 2.05) is 19.1 Å². The normalized spacial score (nSPS) is 10.9. The summed E-state index contributed by atoms with van der Waals surface area (Å²) in [6, 6.07) is 19.8. The van der Waals surface area contributed by atoms with Crippen LogP contribution in [0.5, 0.6) is 11.5 Å². The maximum atomic E-state index is 12.7. The average Bonchev–Trinajstić information content (AvgIpc) is 2.79. The summed E-state index contributed by atoms with van der Waals surface area (Å²) < 4.78 is 38.5. The Labute approximate surface area is 182 Å². The average molecular weight is 441 g/mol. The molecule has 0 unspecified atom stereocenters. The van der Waals surface area contributed by atoms with Crippen LogP contribution >= 0.6 is 0 Å². The summed E-state index contributed by atoms with van der Waals surface area (Å²) in [5.74, 6) is 1.02. The minimum absolute atomic E-state index is 0.00141. The van der Waals surface area contributed by atoms with Gasteiger partial charge in [-0.3, -0.25) is 9.52 Å². The zero-order valence-corrected chi connectivity index (χ0v) is 18.1. The van der Waals surface area contributed by atoms with Crippen LogP contribution in [0.4, 0.5) is 5.69 Å². The van der Waals surface area contributed by atoms with Gasteiger partial charge in [0.1, 0.15) is 11.5 Å². The predicted octanol–water partition coefficient (Wildman–Crippen LogP) is 3.82. The predicted molar refractivity (Wildman–Crippen MR) is 119 cm³/mol. The SMILES string of the molecule is CCOc1ccc(NS(=O)(=O)c2cccc(C(=O)NCc3ccc(OC)cc3)c2)cc1. The molecule has 0 fully saturated rings. The van der Waals surface area contributed by atoms with Gasteiger partial charge in [0.15, 0.2) is 0 Å². The molecule has 0 atom stereocenters. The first-order valence-corrected chi connectivity index (χ1v) is 11.2. The number of carbonyl (C=O) groups excluding carboxylic acids is 1. The van der Waals surface area contributed by atoms with Crippen molar-refractivity contribution >= 4 is 21.6 Å². The molecule has 0 aromatic heterocycles. The Balaban J connectivity index is 1.68. The van der Waals surface area contributed by atoms with Crippen LogP contribution in [-0.4, -0.2) is 28.0 Å². The van der Waals surface area contributed by atoms with Crippen LogP contribution in [0.25, 0.3) is 0 Å². The lowest BCUT2D eigenvalue weighted by molar-refractivity contribution is 0.0950. The van der Waals surface area contributed by atoms with Crippen LogP contribution in [-0.2, 0) is 16.6 Å². The zero-order valence-electron chi connectivity index (χ0n) is 17.3. The Morgan fingerprint density at radius 3 is 2.26 bits per heavy atom. The maximum Gasteiger partial charge on any atom is 0.261 e. The lowest BCUT2D eigenvalue weighted by atomic mass is 10.2. The molecule has 7 nitrogen and oxygen atoms in total. The summed E-state index contributed by atoms with van der Waals surface area (Å²) in [5.41, 5.74) is 1.55. The van der Waals surface area contributed by atoms with Crippen molar-refractivity contribution < 1.29 is 22.7 Å². The maximum absolute atomic E-state index is 12.7. The van der Waals surface area contributed by atoms with Gasteiger partial charge in [-0.15, -0.1) is 0 Å². The summed E-state index contributed by atoms with van der Waals surface area (Å²) in [6.07, 6.45) is 0. The molecule has 0 spiro atoms. The molecular formula is C23H24N2O5S. The lowest BCUT2D eigenvalue weighted by Gasteiger charge is -2.11. The van der Waals surface area contributed by atoms with Crippen LogP contribution in [0, 0.1) is 0 Å². The molecule has 0 aliphatic carbocycles. The second-order valence-electron chi connectivity index (χ2n) is 6.62. The number of nitrogens with one attached hydrogen (secondary N) is 2. The summed E-state index contributed by atoms with van der Waals surface area (Å²) in [4.78, 5) is 12.5. The van der Waals surface area contributed by atoms with Crippen molar-refractivity contribution in [2.75, 3.05) is 18.4 Å². The summed E-state index contributed by atoms with van der Waals surface area (Å²) in [7, 11) is -2.27. The molecule has 3 aromatic rings. The van der Waals surface area contributed by atoms with Gasteiger partial charge in [-0.1, -0.05) is 18.2 Å². The Morgan fingerprint density at radius 1 is 0.935 bits per heavy atom. The van der Waals surface area contributed by atoms with Crippen LogP contribution in [0.1, 0.15) is 22.8 Å². The van der Waals surface area contributed by atoms with Gasteiger partial charge in [-0.2, -0.15) is 0 Å². The molecule has 0 radical (unpaired) electrons. The van der Waals surface area contributed by atoms with Crippen LogP contribution in [0.3, 0.4) is 0 Å². The molecule has 3 aromatic carbocycles. The summed E-state index contributed by atoms with van der Waals surface area (Å²) in [6.45, 7) is 2.71. The third-order valence-corrected chi connectivity index (χ3v) is 5.82. The van der Waals surface area contributed by atoms with E-state index in [1.54, 1.807) is 49.6 Å². The largest absolute Gasteiger partial charge is 0.497 e. The Morgan fingerprint density at radius 2 is 1.61 bits per heavy atom. The van der Waals surface area contributed by atoms with Crippen LogP contribution < -0.4 is 19.5 Å². The highest BCUT2D eigenvalue weighted by Gasteiger charge is 2.16. The number of sulfonamides is 1. The lowest BCUT2D eigenvalue weighted by Crippen LogP contribution is -2.23. The number of benzene rings is 3. The number of methoxy groups -OCH3 is 1. The van der Waals surface area contributed by atoms with E-state index in [4.69, 9.17) is 9.47 Å². The Bertz CT molecular complexity index is 1130. The monoisotopic (exact) mass is 440 g/mol. The minimum Gasteiger partial charge on any atom is -0.497 e. The van der Waals surface area contributed by atoms with E-state index in [1.165, 1.54) is 18.2 Å². The van der Waals surface area contributed by atoms with Gasteiger partial charge in [0.2, 0.25) is 0 Å². The number of rotatable bonds is 9. The smallest absolute Gasteiger partial charge is 0.261 e. The van der Waals surface area contributed by atoms with Crippen molar-refractivity contribution in [3.05, 3.63) is 83.9 Å². The summed E-state index contributed by atoms with van der Waals surface area (Å²) in [5, 5.41) is 2.79. The quantitative estimate of drug-likeness (QED) is 0.528. The first-order valence-electron chi connectivity index (χ1n) is 9.68. The fourth-order valence-electron chi connectivity index (χ4n) is 2.83. The molecule has 0 saturated carbocycles. The van der Waals surface area contributed by atoms with E-state index in [9.17, 15) is 13.2 Å². The van der Waals surface area contributed by atoms with E-state index in [-0.39, 0.29) is 16.4 Å². The molecule has 1 amide bonds. The van der Waals surface area contributed by atoms with Crippen LogP contribution in [0.2, 0.25) is 0 Å². The molecule has 8 heteroatoms. The van der Waals surface area contributed by atoms with Gasteiger partial charge in [-0.05, 0) is 67.1 Å². The molecule has 2 N–H and O–H groups in total. The van der Waals surface area contributed by atoms with Gasteiger partial charge in [-0.25, -0.2) is 8.42 Å². The molecule has 162 valence electrons. The standard InChI is InChI=1S/C23H24N2O5S/c1-3-30-21-13-9-19(10-14-21)25-31(27,28)22-6-4-5-18(15-22)23(26)24-16-17-7-11-20(29-2)12-8-17/h4-15,25H,3,16H2,1-2H3,(H,24,26). The van der Waals surface area contributed by atoms with Crippen molar-refractivity contribution in [2.24, 2.45) is 0 Å². The van der Waals surface area contributed by atoms with Crippen molar-refractivity contribution in [3.8, 4) is 11.5 Å². The first-order chi connectivity index (χ1) is 14.9. The molecule has 0 aliphatic heterocycles. The number of hydrogen-bond donors (Lipinski definition) is 2. The van der Waals surface area contributed by atoms with Gasteiger partial charge < -0.3 is 14.8 Å². The second kappa shape index (κ2) is 9.99. The van der Waals surface area contributed by atoms with Gasteiger partial charge in [0.25, 0.3) is 15.9 Å².